The highest BCUT2D eigenvalue weighted by Gasteiger charge is 2.18. The van der Waals surface area contributed by atoms with Gasteiger partial charge in [0.25, 0.3) is 0 Å². The van der Waals surface area contributed by atoms with Crippen LogP contribution in [-0.4, -0.2) is 16.5 Å². The highest BCUT2D eigenvalue weighted by molar-refractivity contribution is 6.13. The molecule has 0 spiro atoms. The van der Waals surface area contributed by atoms with Gasteiger partial charge in [0.05, 0.1) is 11.4 Å². The van der Waals surface area contributed by atoms with E-state index in [0.717, 1.165) is 0 Å². The van der Waals surface area contributed by atoms with Crippen LogP contribution in [0.15, 0.2) is 41.5 Å². The van der Waals surface area contributed by atoms with Crippen LogP contribution < -0.4 is 0 Å². The molecule has 1 aliphatic heterocycles. The van der Waals surface area contributed by atoms with Crippen LogP contribution in [0.4, 0.5) is 10.1 Å². The van der Waals surface area contributed by atoms with Gasteiger partial charge >= 0.3 is 0 Å². The minimum absolute atomic E-state index is 0.0339. The van der Waals surface area contributed by atoms with Crippen LogP contribution >= 0.6 is 0 Å². The fraction of sp³-hybridized carbons (Fsp3) is 0.125. The number of Topliss-reactive ketones (excluding diaryl/α,β-unsaturated/α-hetero) is 1. The summed E-state index contributed by atoms with van der Waals surface area (Å²) in [4.78, 5) is 20.4. The predicted octanol–water partition coefficient (Wildman–Crippen LogP) is 2.73. The maximum atomic E-state index is 13.3. The Kier molecular flexibility index (Phi) is 3.28. The SMILES string of the molecule is N#Cc1cc(C2=Nc3ccc(F)cc3CC(=O)C2)ccn1. The average Bonchev–Trinajstić information content (AvgIpc) is 2.65. The third-order valence-electron chi connectivity index (χ3n) is 3.26. The van der Waals surface area contributed by atoms with Crippen LogP contribution in [0.5, 0.6) is 0 Å². The zero-order valence-corrected chi connectivity index (χ0v) is 11.0. The van der Waals surface area contributed by atoms with E-state index in [1.165, 1.54) is 18.3 Å². The average molecular weight is 279 g/mol. The maximum Gasteiger partial charge on any atom is 0.143 e. The molecule has 1 aromatic heterocycles. The molecule has 4 nitrogen and oxygen atoms in total. The van der Waals surface area contributed by atoms with Gasteiger partial charge < -0.3 is 0 Å². The molecule has 2 aromatic rings. The molecule has 0 bridgehead atoms. The molecule has 2 heterocycles. The van der Waals surface area contributed by atoms with Crippen molar-refractivity contribution in [3.05, 3.63) is 59.2 Å². The molecule has 0 amide bonds. The highest BCUT2D eigenvalue weighted by atomic mass is 19.1. The topological polar surface area (TPSA) is 66.1 Å². The second kappa shape index (κ2) is 5.25. The van der Waals surface area contributed by atoms with E-state index in [-0.39, 0.29) is 30.1 Å². The molecule has 21 heavy (non-hydrogen) atoms. The number of aliphatic imine (C=N–C) groups is 1. The van der Waals surface area contributed by atoms with E-state index < -0.39 is 0 Å². The normalized spacial score (nSPS) is 13.9. The van der Waals surface area contributed by atoms with Crippen LogP contribution in [0, 0.1) is 17.1 Å². The van der Waals surface area contributed by atoms with Crippen LogP contribution in [0.25, 0.3) is 0 Å². The Labute approximate surface area is 120 Å². The molecule has 3 rings (SSSR count). The molecule has 0 saturated heterocycles. The van der Waals surface area contributed by atoms with Crippen molar-refractivity contribution in [2.75, 3.05) is 0 Å². The number of ketones is 1. The summed E-state index contributed by atoms with van der Waals surface area (Å²) in [5.74, 6) is -0.413. The molecule has 0 saturated carbocycles. The van der Waals surface area contributed by atoms with Crippen molar-refractivity contribution in [3.63, 3.8) is 0 Å². The first kappa shape index (κ1) is 13.1. The maximum absolute atomic E-state index is 13.3. The number of nitriles is 1. The summed E-state index contributed by atoms with van der Waals surface area (Å²) in [7, 11) is 0. The molecule has 0 fully saturated rings. The smallest absolute Gasteiger partial charge is 0.143 e. The summed E-state index contributed by atoms with van der Waals surface area (Å²) in [6.07, 6.45) is 1.83. The van der Waals surface area contributed by atoms with Crippen LogP contribution in [0.3, 0.4) is 0 Å². The van der Waals surface area contributed by atoms with Gasteiger partial charge in [-0.25, -0.2) is 9.37 Å². The standard InChI is InChI=1S/C16H10FN3O/c17-12-1-2-15-11(5-12)7-14(21)8-16(20-15)10-3-4-19-13(6-10)9-18/h1-6H,7-8H2. The monoisotopic (exact) mass is 279 g/mol. The van der Waals surface area contributed by atoms with Crippen molar-refractivity contribution in [1.82, 2.24) is 4.98 Å². The number of hydrogen-bond donors (Lipinski definition) is 0. The summed E-state index contributed by atoms with van der Waals surface area (Å²) in [6, 6.07) is 9.49. The Balaban J connectivity index is 2.11. The zero-order chi connectivity index (χ0) is 14.8. The third-order valence-corrected chi connectivity index (χ3v) is 3.26. The zero-order valence-electron chi connectivity index (χ0n) is 11.0. The number of halogens is 1. The molecule has 0 radical (unpaired) electrons. The number of nitrogens with zero attached hydrogens (tertiary/aromatic N) is 3. The number of hydrogen-bond acceptors (Lipinski definition) is 4. The summed E-state index contributed by atoms with van der Waals surface area (Å²) < 4.78 is 13.3. The first-order valence-electron chi connectivity index (χ1n) is 6.40. The number of pyridine rings is 1. The number of carbonyl (C=O) groups is 1. The molecule has 1 aliphatic rings. The van der Waals surface area contributed by atoms with E-state index in [1.807, 2.05) is 6.07 Å². The summed E-state index contributed by atoms with van der Waals surface area (Å²) in [6.45, 7) is 0. The van der Waals surface area contributed by atoms with Crippen molar-refractivity contribution in [2.45, 2.75) is 12.8 Å². The van der Waals surface area contributed by atoms with Crippen LogP contribution in [0.2, 0.25) is 0 Å². The van der Waals surface area contributed by atoms with Crippen molar-refractivity contribution in [3.8, 4) is 6.07 Å². The van der Waals surface area contributed by atoms with Gasteiger partial charge in [0, 0.05) is 24.6 Å². The third kappa shape index (κ3) is 2.70. The molecule has 0 unspecified atom stereocenters. The van der Waals surface area contributed by atoms with Gasteiger partial charge in [0.15, 0.2) is 0 Å². The molecule has 1 aromatic carbocycles. The first-order chi connectivity index (χ1) is 10.2. The Morgan fingerprint density at radius 2 is 2.05 bits per heavy atom. The lowest BCUT2D eigenvalue weighted by atomic mass is 10.0. The van der Waals surface area contributed by atoms with Crippen LogP contribution in [0.1, 0.15) is 23.2 Å². The van der Waals surface area contributed by atoms with Gasteiger partial charge in [0.1, 0.15) is 23.4 Å². The van der Waals surface area contributed by atoms with Crippen molar-refractivity contribution >= 4 is 17.2 Å². The molecule has 0 atom stereocenters. The Morgan fingerprint density at radius 3 is 2.86 bits per heavy atom. The van der Waals surface area contributed by atoms with Crippen molar-refractivity contribution in [1.29, 1.82) is 5.26 Å². The molecule has 102 valence electrons. The second-order valence-corrected chi connectivity index (χ2v) is 4.77. The first-order valence-corrected chi connectivity index (χ1v) is 6.40. The Bertz CT molecular complexity index is 805. The quantitative estimate of drug-likeness (QED) is 0.806. The van der Waals surface area contributed by atoms with Crippen LogP contribution in [-0.2, 0) is 11.2 Å². The lowest BCUT2D eigenvalue weighted by Gasteiger charge is -2.04. The number of aromatic nitrogens is 1. The number of benzene rings is 1. The van der Waals surface area contributed by atoms with Gasteiger partial charge in [-0.2, -0.15) is 5.26 Å². The van der Waals surface area contributed by atoms with Gasteiger partial charge in [-0.05, 0) is 35.9 Å². The largest absolute Gasteiger partial charge is 0.299 e. The molecule has 0 N–H and O–H groups in total. The fourth-order valence-corrected chi connectivity index (χ4v) is 2.29. The van der Waals surface area contributed by atoms with Crippen molar-refractivity contribution in [2.24, 2.45) is 4.99 Å². The number of fused-ring (bicyclic) bond motifs is 1. The van der Waals surface area contributed by atoms with Gasteiger partial charge in [-0.15, -0.1) is 0 Å². The van der Waals surface area contributed by atoms with Gasteiger partial charge in [-0.1, -0.05) is 0 Å². The summed E-state index contributed by atoms with van der Waals surface area (Å²) in [5.41, 5.74) is 2.71. The van der Waals surface area contributed by atoms with E-state index in [1.54, 1.807) is 18.2 Å². The Hall–Kier alpha value is -2.87. The number of rotatable bonds is 1. The Morgan fingerprint density at radius 1 is 1.19 bits per heavy atom. The van der Waals surface area contributed by atoms with E-state index >= 15 is 0 Å². The van der Waals surface area contributed by atoms with Gasteiger partial charge in [-0.3, -0.25) is 9.79 Å². The number of carbonyl (C=O) groups excluding carboxylic acids is 1. The molecule has 0 aliphatic carbocycles. The predicted molar refractivity (Wildman–Crippen MR) is 74.9 cm³/mol. The lowest BCUT2D eigenvalue weighted by Crippen LogP contribution is -2.09. The summed E-state index contributed by atoms with van der Waals surface area (Å²) in [5, 5.41) is 8.90. The molecular formula is C16H10FN3O. The lowest BCUT2D eigenvalue weighted by molar-refractivity contribution is -0.117. The van der Waals surface area contributed by atoms with E-state index in [9.17, 15) is 9.18 Å². The van der Waals surface area contributed by atoms with E-state index in [0.29, 0.717) is 22.5 Å². The van der Waals surface area contributed by atoms with E-state index in [2.05, 4.69) is 9.98 Å². The molecule has 5 heteroatoms. The minimum atomic E-state index is -0.379. The van der Waals surface area contributed by atoms with Crippen molar-refractivity contribution < 1.29 is 9.18 Å². The van der Waals surface area contributed by atoms with Gasteiger partial charge in [0.2, 0.25) is 0 Å². The second-order valence-electron chi connectivity index (χ2n) is 4.77. The fourth-order valence-electron chi connectivity index (χ4n) is 2.29. The molecular weight excluding hydrogens is 269 g/mol. The summed E-state index contributed by atoms with van der Waals surface area (Å²) >= 11 is 0. The highest BCUT2D eigenvalue weighted by Crippen LogP contribution is 2.26. The minimum Gasteiger partial charge on any atom is -0.299 e. The van der Waals surface area contributed by atoms with E-state index in [4.69, 9.17) is 5.26 Å².